The summed E-state index contributed by atoms with van der Waals surface area (Å²) in [5, 5.41) is 7.87. The van der Waals surface area contributed by atoms with Gasteiger partial charge < -0.3 is 15.1 Å². The first kappa shape index (κ1) is 20.4. The first-order valence-corrected chi connectivity index (χ1v) is 10.8. The fraction of sp³-hybridized carbons (Fsp3) is 0.571. The third-order valence-electron chi connectivity index (χ3n) is 5.85. The summed E-state index contributed by atoms with van der Waals surface area (Å²) < 4.78 is 17.4. The van der Waals surface area contributed by atoms with E-state index in [9.17, 15) is 9.18 Å². The summed E-state index contributed by atoms with van der Waals surface area (Å²) in [5.41, 5.74) is 0.673. The monoisotopic (exact) mass is 415 g/mol. The van der Waals surface area contributed by atoms with Gasteiger partial charge in [0.2, 0.25) is 0 Å². The molecule has 2 aliphatic heterocycles. The van der Waals surface area contributed by atoms with E-state index in [1.54, 1.807) is 17.8 Å². The van der Waals surface area contributed by atoms with E-state index in [4.69, 9.17) is 0 Å². The van der Waals surface area contributed by atoms with Gasteiger partial charge in [0.1, 0.15) is 11.6 Å². The molecule has 0 atom stereocenters. The van der Waals surface area contributed by atoms with Crippen LogP contribution < -0.4 is 15.9 Å². The third kappa shape index (κ3) is 4.34. The van der Waals surface area contributed by atoms with Crippen LogP contribution in [0.3, 0.4) is 0 Å². The average molecular weight is 416 g/mol. The maximum atomic E-state index is 14.0. The molecule has 1 aromatic heterocycles. The molecule has 2 aromatic rings. The molecule has 1 aromatic carbocycles. The van der Waals surface area contributed by atoms with Crippen LogP contribution in [-0.4, -0.2) is 65.0 Å². The minimum absolute atomic E-state index is 0.0124. The Hall–Kier alpha value is -2.84. The molecule has 9 heteroatoms. The highest BCUT2D eigenvalue weighted by Crippen LogP contribution is 2.20. The fourth-order valence-electron chi connectivity index (χ4n) is 4.22. The smallest absolute Gasteiger partial charge is 0.345 e. The maximum Gasteiger partial charge on any atom is 0.345 e. The van der Waals surface area contributed by atoms with Gasteiger partial charge >= 0.3 is 5.69 Å². The summed E-state index contributed by atoms with van der Waals surface area (Å²) >= 11 is 0. The lowest BCUT2D eigenvalue weighted by Crippen LogP contribution is -2.52. The molecule has 0 radical (unpaired) electrons. The number of aromatic nitrogens is 3. The zero-order valence-corrected chi connectivity index (χ0v) is 17.6. The summed E-state index contributed by atoms with van der Waals surface area (Å²) in [6.07, 6.45) is 3.86. The first-order valence-electron chi connectivity index (χ1n) is 10.8. The number of piperazine rings is 1. The Morgan fingerprint density at radius 2 is 1.97 bits per heavy atom. The van der Waals surface area contributed by atoms with Crippen molar-refractivity contribution in [2.75, 3.05) is 44.7 Å². The quantitative estimate of drug-likeness (QED) is 0.453. The molecule has 1 N–H and O–H groups in total. The number of para-hydroxylation sites is 1. The number of hydrogen-bond acceptors (Lipinski definition) is 4. The largest absolute Gasteiger partial charge is 0.366 e. The zero-order valence-electron chi connectivity index (χ0n) is 17.6. The second kappa shape index (κ2) is 9.32. The molecule has 1 saturated heterocycles. The van der Waals surface area contributed by atoms with Gasteiger partial charge in [-0.2, -0.15) is 5.10 Å². The number of anilines is 1. The van der Waals surface area contributed by atoms with Crippen molar-refractivity contribution in [2.45, 2.75) is 38.8 Å². The van der Waals surface area contributed by atoms with Crippen molar-refractivity contribution in [1.82, 2.24) is 24.6 Å². The Bertz CT molecular complexity index is 943. The third-order valence-corrected chi connectivity index (χ3v) is 5.85. The second-order valence-corrected chi connectivity index (χ2v) is 7.78. The molecule has 1 fully saturated rings. The van der Waals surface area contributed by atoms with Gasteiger partial charge in [0.25, 0.3) is 0 Å². The minimum Gasteiger partial charge on any atom is -0.366 e. The fourth-order valence-corrected chi connectivity index (χ4v) is 4.22. The van der Waals surface area contributed by atoms with E-state index in [2.05, 4.69) is 25.2 Å². The molecule has 0 aliphatic carbocycles. The van der Waals surface area contributed by atoms with E-state index in [0.29, 0.717) is 12.2 Å². The molecule has 162 valence electrons. The van der Waals surface area contributed by atoms with Crippen LogP contribution in [0.5, 0.6) is 0 Å². The molecular weight excluding hydrogens is 385 g/mol. The van der Waals surface area contributed by atoms with Crippen LogP contribution in [0, 0.1) is 5.82 Å². The number of guanidine groups is 1. The predicted molar refractivity (Wildman–Crippen MR) is 116 cm³/mol. The van der Waals surface area contributed by atoms with E-state index >= 15 is 0 Å². The minimum atomic E-state index is -0.176. The number of aliphatic imine (C=N–C) groups is 1. The standard InChI is InChI=1S/C21H30FN7O/c1-23-20(27-15-13-26(14-16-27)18-8-3-2-7-17(18)22)24-10-6-12-29-21(30)28-11-5-4-9-19(28)25-29/h2-3,7-8H,4-6,9-16H2,1H3,(H,23,24). The van der Waals surface area contributed by atoms with E-state index in [1.807, 2.05) is 16.7 Å². The summed E-state index contributed by atoms with van der Waals surface area (Å²) in [6, 6.07) is 6.92. The Labute approximate surface area is 176 Å². The van der Waals surface area contributed by atoms with E-state index in [1.165, 1.54) is 6.07 Å². The molecule has 3 heterocycles. The summed E-state index contributed by atoms with van der Waals surface area (Å²) in [7, 11) is 1.78. The Balaban J connectivity index is 1.24. The Morgan fingerprint density at radius 1 is 1.17 bits per heavy atom. The van der Waals surface area contributed by atoms with E-state index in [-0.39, 0.29) is 11.5 Å². The van der Waals surface area contributed by atoms with Gasteiger partial charge in [-0.25, -0.2) is 13.9 Å². The zero-order chi connectivity index (χ0) is 20.9. The first-order chi connectivity index (χ1) is 14.7. The van der Waals surface area contributed by atoms with Gasteiger partial charge in [0, 0.05) is 59.3 Å². The highest BCUT2D eigenvalue weighted by Gasteiger charge is 2.21. The number of nitrogens with one attached hydrogen (secondary N) is 1. The molecule has 0 amide bonds. The van der Waals surface area contributed by atoms with Crippen molar-refractivity contribution in [3.63, 3.8) is 0 Å². The molecule has 2 aliphatic rings. The number of fused-ring (bicyclic) bond motifs is 1. The van der Waals surface area contributed by atoms with Crippen LogP contribution in [0.4, 0.5) is 10.1 Å². The number of aryl methyl sites for hydroxylation is 2. The molecule has 0 bridgehead atoms. The molecule has 8 nitrogen and oxygen atoms in total. The van der Waals surface area contributed by atoms with Gasteiger partial charge in [-0.3, -0.25) is 9.56 Å². The normalized spacial score (nSPS) is 17.2. The average Bonchev–Trinajstić information content (AvgIpc) is 3.10. The summed E-state index contributed by atoms with van der Waals surface area (Å²) in [5.74, 6) is 1.59. The van der Waals surface area contributed by atoms with Crippen molar-refractivity contribution in [1.29, 1.82) is 0 Å². The van der Waals surface area contributed by atoms with Gasteiger partial charge in [0.05, 0.1) is 5.69 Å². The lowest BCUT2D eigenvalue weighted by molar-refractivity contribution is 0.369. The van der Waals surface area contributed by atoms with Crippen LogP contribution in [0.1, 0.15) is 25.1 Å². The van der Waals surface area contributed by atoms with Crippen molar-refractivity contribution in [3.05, 3.63) is 46.4 Å². The van der Waals surface area contributed by atoms with E-state index in [0.717, 1.165) is 76.7 Å². The molecular formula is C21H30FN7O. The molecule has 4 rings (SSSR count). The molecule has 30 heavy (non-hydrogen) atoms. The van der Waals surface area contributed by atoms with Crippen molar-refractivity contribution in [2.24, 2.45) is 4.99 Å². The van der Waals surface area contributed by atoms with Gasteiger partial charge in [0.15, 0.2) is 5.96 Å². The molecule has 0 unspecified atom stereocenters. The van der Waals surface area contributed by atoms with Crippen LogP contribution in [-0.2, 0) is 19.5 Å². The van der Waals surface area contributed by atoms with Crippen LogP contribution >= 0.6 is 0 Å². The number of rotatable bonds is 5. The van der Waals surface area contributed by atoms with Crippen molar-refractivity contribution < 1.29 is 4.39 Å². The van der Waals surface area contributed by atoms with E-state index < -0.39 is 0 Å². The summed E-state index contributed by atoms with van der Waals surface area (Å²) in [6.45, 7) is 5.16. The number of hydrogen-bond donors (Lipinski definition) is 1. The Kier molecular flexibility index (Phi) is 6.35. The SMILES string of the molecule is CN=C(NCCCn1nc2n(c1=O)CCCC2)N1CCN(c2ccccc2F)CC1. The number of nitrogens with zero attached hydrogens (tertiary/aromatic N) is 6. The molecule has 0 saturated carbocycles. The van der Waals surface area contributed by atoms with Crippen LogP contribution in [0.25, 0.3) is 0 Å². The lowest BCUT2D eigenvalue weighted by Gasteiger charge is -2.37. The number of benzene rings is 1. The van der Waals surface area contributed by atoms with Gasteiger partial charge in [-0.1, -0.05) is 12.1 Å². The highest BCUT2D eigenvalue weighted by atomic mass is 19.1. The lowest BCUT2D eigenvalue weighted by atomic mass is 10.2. The van der Waals surface area contributed by atoms with Gasteiger partial charge in [-0.15, -0.1) is 0 Å². The molecule has 0 spiro atoms. The van der Waals surface area contributed by atoms with Crippen molar-refractivity contribution >= 4 is 11.6 Å². The van der Waals surface area contributed by atoms with Crippen LogP contribution in [0.2, 0.25) is 0 Å². The second-order valence-electron chi connectivity index (χ2n) is 7.78. The number of halogens is 1. The van der Waals surface area contributed by atoms with Crippen LogP contribution in [0.15, 0.2) is 34.1 Å². The topological polar surface area (TPSA) is 70.7 Å². The van der Waals surface area contributed by atoms with Crippen molar-refractivity contribution in [3.8, 4) is 0 Å². The predicted octanol–water partition coefficient (Wildman–Crippen LogP) is 1.31. The Morgan fingerprint density at radius 3 is 2.70 bits per heavy atom. The highest BCUT2D eigenvalue weighted by molar-refractivity contribution is 5.80. The maximum absolute atomic E-state index is 14.0. The summed E-state index contributed by atoms with van der Waals surface area (Å²) in [4.78, 5) is 21.1. The van der Waals surface area contributed by atoms with Gasteiger partial charge in [-0.05, 0) is 31.4 Å².